The zero-order valence-electron chi connectivity index (χ0n) is 12.6. The topological polar surface area (TPSA) is 70.6 Å². The zero-order chi connectivity index (χ0) is 15.1. The first-order chi connectivity index (χ1) is 9.46. The van der Waals surface area contributed by atoms with Crippen molar-refractivity contribution in [3.63, 3.8) is 0 Å². The minimum absolute atomic E-state index is 0.0623. The molecule has 1 atom stereocenters. The summed E-state index contributed by atoms with van der Waals surface area (Å²) < 4.78 is 5.17. The molecule has 0 aromatic heterocycles. The van der Waals surface area contributed by atoms with Gasteiger partial charge in [-0.25, -0.2) is 4.79 Å². The van der Waals surface area contributed by atoms with Crippen LogP contribution in [-0.2, 0) is 0 Å². The summed E-state index contributed by atoms with van der Waals surface area (Å²) in [6.45, 7) is 5.95. The number of anilines is 1. The minimum atomic E-state index is -0.311. The maximum Gasteiger partial charge on any atom is 0.319 e. The highest BCUT2D eigenvalue weighted by molar-refractivity contribution is 5.89. The smallest absolute Gasteiger partial charge is 0.319 e. The van der Waals surface area contributed by atoms with Gasteiger partial charge in [-0.15, -0.1) is 0 Å². The van der Waals surface area contributed by atoms with Gasteiger partial charge in [-0.1, -0.05) is 13.8 Å². The number of urea groups is 1. The fourth-order valence-corrected chi connectivity index (χ4v) is 2.06. The molecule has 0 fully saturated rings. The van der Waals surface area contributed by atoms with Gasteiger partial charge < -0.3 is 20.5 Å². The lowest BCUT2D eigenvalue weighted by Crippen LogP contribution is -2.40. The summed E-state index contributed by atoms with van der Waals surface area (Å²) in [6, 6.07) is 4.89. The molecular weight excluding hydrogens is 256 g/mol. The van der Waals surface area contributed by atoms with Gasteiger partial charge in [0.25, 0.3) is 0 Å². The van der Waals surface area contributed by atoms with Crippen molar-refractivity contribution < 1.29 is 14.6 Å². The molecule has 3 N–H and O–H groups in total. The van der Waals surface area contributed by atoms with E-state index in [1.807, 2.05) is 19.1 Å². The van der Waals surface area contributed by atoms with Crippen molar-refractivity contribution in [1.29, 1.82) is 0 Å². The number of carbonyl (C=O) groups excluding carboxylic acids is 1. The van der Waals surface area contributed by atoms with Crippen LogP contribution in [0.3, 0.4) is 0 Å². The summed E-state index contributed by atoms with van der Waals surface area (Å²) in [7, 11) is 1.61. The molecule has 1 aromatic carbocycles. The number of methoxy groups -OCH3 is 1. The van der Waals surface area contributed by atoms with E-state index in [9.17, 15) is 9.90 Å². The van der Waals surface area contributed by atoms with Crippen LogP contribution in [0.1, 0.15) is 25.8 Å². The molecule has 0 bridgehead atoms. The van der Waals surface area contributed by atoms with Gasteiger partial charge in [-0.2, -0.15) is 0 Å². The Labute approximate surface area is 120 Å². The van der Waals surface area contributed by atoms with Crippen molar-refractivity contribution in [3.8, 4) is 5.75 Å². The molecular formula is C15H24N2O3. The summed E-state index contributed by atoms with van der Waals surface area (Å²) in [5.74, 6) is 1.19. The largest absolute Gasteiger partial charge is 0.496 e. The molecule has 1 rings (SSSR count). The Morgan fingerprint density at radius 2 is 2.10 bits per heavy atom. The van der Waals surface area contributed by atoms with Crippen LogP contribution in [0.5, 0.6) is 5.75 Å². The van der Waals surface area contributed by atoms with Gasteiger partial charge in [0.15, 0.2) is 0 Å². The van der Waals surface area contributed by atoms with Gasteiger partial charge in [0.05, 0.1) is 19.8 Å². The van der Waals surface area contributed by atoms with Gasteiger partial charge in [0, 0.05) is 5.69 Å². The molecule has 5 nitrogen and oxygen atoms in total. The van der Waals surface area contributed by atoms with Gasteiger partial charge in [0.2, 0.25) is 0 Å². The van der Waals surface area contributed by atoms with Gasteiger partial charge >= 0.3 is 6.03 Å². The van der Waals surface area contributed by atoms with E-state index in [0.717, 1.165) is 17.7 Å². The van der Waals surface area contributed by atoms with E-state index >= 15 is 0 Å². The first kappa shape index (κ1) is 16.3. The van der Waals surface area contributed by atoms with E-state index in [4.69, 9.17) is 4.74 Å². The Morgan fingerprint density at radius 3 is 2.60 bits per heavy atom. The lowest BCUT2D eigenvalue weighted by molar-refractivity contribution is 0.214. The SMILES string of the molecule is COc1ccc(NC(=O)N[C@@H](CO)CC(C)C)cc1C. The molecule has 5 heteroatoms. The molecule has 1 aromatic rings. The van der Waals surface area contributed by atoms with E-state index < -0.39 is 0 Å². The number of hydrogen-bond donors (Lipinski definition) is 3. The number of aryl methyl sites for hydroxylation is 1. The number of hydrogen-bond acceptors (Lipinski definition) is 3. The molecule has 0 unspecified atom stereocenters. The molecule has 112 valence electrons. The van der Waals surface area contributed by atoms with E-state index in [2.05, 4.69) is 24.5 Å². The number of aliphatic hydroxyl groups is 1. The fraction of sp³-hybridized carbons (Fsp3) is 0.533. The second-order valence-electron chi connectivity index (χ2n) is 5.29. The summed E-state index contributed by atoms with van der Waals surface area (Å²) in [4.78, 5) is 11.9. The molecule has 20 heavy (non-hydrogen) atoms. The van der Waals surface area contributed by atoms with Crippen molar-refractivity contribution in [2.45, 2.75) is 33.2 Å². The molecule has 0 aliphatic carbocycles. The van der Waals surface area contributed by atoms with Crippen molar-refractivity contribution in [2.75, 3.05) is 19.0 Å². The van der Waals surface area contributed by atoms with E-state index in [1.54, 1.807) is 13.2 Å². The molecule has 0 saturated carbocycles. The Balaban J connectivity index is 2.59. The van der Waals surface area contributed by atoms with Crippen LogP contribution < -0.4 is 15.4 Å². The van der Waals surface area contributed by atoms with E-state index in [1.165, 1.54) is 0 Å². The molecule has 0 spiro atoms. The first-order valence-electron chi connectivity index (χ1n) is 6.79. The fourth-order valence-electron chi connectivity index (χ4n) is 2.06. The third-order valence-corrected chi connectivity index (χ3v) is 2.96. The Hall–Kier alpha value is -1.75. The minimum Gasteiger partial charge on any atom is -0.496 e. The second kappa shape index (κ2) is 7.75. The van der Waals surface area contributed by atoms with Gasteiger partial charge in [0.1, 0.15) is 5.75 Å². The van der Waals surface area contributed by atoms with Crippen molar-refractivity contribution in [1.82, 2.24) is 5.32 Å². The Morgan fingerprint density at radius 1 is 1.40 bits per heavy atom. The number of rotatable bonds is 6. The quantitative estimate of drug-likeness (QED) is 0.750. The van der Waals surface area contributed by atoms with Crippen LogP contribution >= 0.6 is 0 Å². The number of carbonyl (C=O) groups is 1. The van der Waals surface area contributed by atoms with Gasteiger partial charge in [-0.3, -0.25) is 0 Å². The number of aliphatic hydroxyl groups excluding tert-OH is 1. The predicted molar refractivity (Wildman–Crippen MR) is 80.2 cm³/mol. The zero-order valence-corrected chi connectivity index (χ0v) is 12.6. The maximum absolute atomic E-state index is 11.9. The highest BCUT2D eigenvalue weighted by Crippen LogP contribution is 2.21. The predicted octanol–water partition coefficient (Wildman–Crippen LogP) is 2.53. The lowest BCUT2D eigenvalue weighted by Gasteiger charge is -2.18. The normalized spacial score (nSPS) is 12.1. The highest BCUT2D eigenvalue weighted by Gasteiger charge is 2.13. The summed E-state index contributed by atoms with van der Waals surface area (Å²) in [6.07, 6.45) is 0.742. The highest BCUT2D eigenvalue weighted by atomic mass is 16.5. The molecule has 0 aliphatic rings. The van der Waals surface area contributed by atoms with Crippen LogP contribution in [-0.4, -0.2) is 30.9 Å². The first-order valence-corrected chi connectivity index (χ1v) is 6.79. The average Bonchev–Trinajstić information content (AvgIpc) is 2.37. The standard InChI is InChI=1S/C15H24N2O3/c1-10(2)7-13(9-18)17-15(19)16-12-5-6-14(20-4)11(3)8-12/h5-6,8,10,13,18H,7,9H2,1-4H3,(H2,16,17,19)/t13-/m1/s1. The van der Waals surface area contributed by atoms with Crippen LogP contribution in [0, 0.1) is 12.8 Å². The van der Waals surface area contributed by atoms with E-state index in [0.29, 0.717) is 11.6 Å². The van der Waals surface area contributed by atoms with Crippen molar-refractivity contribution in [2.24, 2.45) is 5.92 Å². The lowest BCUT2D eigenvalue weighted by atomic mass is 10.0. The van der Waals surface area contributed by atoms with Crippen LogP contribution in [0.15, 0.2) is 18.2 Å². The summed E-state index contributed by atoms with van der Waals surface area (Å²) >= 11 is 0. The number of nitrogens with one attached hydrogen (secondary N) is 2. The van der Waals surface area contributed by atoms with Crippen molar-refractivity contribution >= 4 is 11.7 Å². The molecule has 0 heterocycles. The molecule has 0 saturated heterocycles. The molecule has 0 aliphatic heterocycles. The molecule has 2 amide bonds. The number of ether oxygens (including phenoxy) is 1. The van der Waals surface area contributed by atoms with Crippen molar-refractivity contribution in [3.05, 3.63) is 23.8 Å². The van der Waals surface area contributed by atoms with Crippen LogP contribution in [0.2, 0.25) is 0 Å². The second-order valence-corrected chi connectivity index (χ2v) is 5.29. The van der Waals surface area contributed by atoms with Gasteiger partial charge in [-0.05, 0) is 43.0 Å². The van der Waals surface area contributed by atoms with E-state index in [-0.39, 0.29) is 18.7 Å². The van der Waals surface area contributed by atoms with Crippen LogP contribution in [0.25, 0.3) is 0 Å². The number of benzene rings is 1. The Kier molecular flexibility index (Phi) is 6.31. The third kappa shape index (κ3) is 5.09. The maximum atomic E-state index is 11.9. The average molecular weight is 280 g/mol. The summed E-state index contributed by atoms with van der Waals surface area (Å²) in [5.41, 5.74) is 1.65. The van der Waals surface area contributed by atoms with Crippen LogP contribution in [0.4, 0.5) is 10.5 Å². The monoisotopic (exact) mass is 280 g/mol. The number of amides is 2. The Bertz CT molecular complexity index is 447. The third-order valence-electron chi connectivity index (χ3n) is 2.96. The molecule has 0 radical (unpaired) electrons. The summed E-state index contributed by atoms with van der Waals surface area (Å²) in [5, 5.41) is 14.8.